The lowest BCUT2D eigenvalue weighted by molar-refractivity contribution is 0.0277. The van der Waals surface area contributed by atoms with Gasteiger partial charge in [0.15, 0.2) is 0 Å². The summed E-state index contributed by atoms with van der Waals surface area (Å²) in [7, 11) is 0. The third kappa shape index (κ3) is 1.31. The molecule has 10 heavy (non-hydrogen) atoms. The average Bonchev–Trinajstić information content (AvgIpc) is 2.20. The summed E-state index contributed by atoms with van der Waals surface area (Å²) >= 11 is 0. The molecule has 0 saturated carbocycles. The van der Waals surface area contributed by atoms with Crippen LogP contribution in [0.2, 0.25) is 0 Å². The first kappa shape index (κ1) is 7.59. The molecule has 3 atom stereocenters. The number of rotatable bonds is 2. The van der Waals surface area contributed by atoms with Crippen molar-refractivity contribution in [3.63, 3.8) is 0 Å². The second-order valence-electron chi connectivity index (χ2n) is 2.24. The Morgan fingerprint density at radius 3 is 2.70 bits per heavy atom. The van der Waals surface area contributed by atoms with Gasteiger partial charge in [-0.2, -0.15) is 4.91 Å². The summed E-state index contributed by atoms with van der Waals surface area (Å²) in [6, 6.07) is 0. The van der Waals surface area contributed by atoms with E-state index in [1.165, 1.54) is 0 Å². The minimum absolute atomic E-state index is 0.0847. The monoisotopic (exact) mass is 147 g/mol. The summed E-state index contributed by atoms with van der Waals surface area (Å²) < 4.78 is 4.82. The van der Waals surface area contributed by atoms with Crippen LogP contribution in [0.5, 0.6) is 0 Å². The van der Waals surface area contributed by atoms with Gasteiger partial charge in [-0.15, -0.1) is 0 Å². The SMILES string of the molecule is O=NCC1OCC(O)C1O. The Hall–Kier alpha value is -0.520. The van der Waals surface area contributed by atoms with E-state index >= 15 is 0 Å². The van der Waals surface area contributed by atoms with Crippen LogP contribution in [-0.4, -0.2) is 41.7 Å². The van der Waals surface area contributed by atoms with Crippen LogP contribution >= 0.6 is 0 Å². The topological polar surface area (TPSA) is 79.1 Å². The van der Waals surface area contributed by atoms with Crippen molar-refractivity contribution in [3.8, 4) is 0 Å². The van der Waals surface area contributed by atoms with E-state index in [0.717, 1.165) is 0 Å². The van der Waals surface area contributed by atoms with Gasteiger partial charge >= 0.3 is 0 Å². The van der Waals surface area contributed by atoms with Crippen molar-refractivity contribution < 1.29 is 14.9 Å². The van der Waals surface area contributed by atoms with E-state index in [9.17, 15) is 4.91 Å². The Bertz CT molecular complexity index is 129. The smallest absolute Gasteiger partial charge is 0.110 e. The molecule has 58 valence electrons. The molecule has 1 heterocycles. The van der Waals surface area contributed by atoms with E-state index in [2.05, 4.69) is 5.18 Å². The van der Waals surface area contributed by atoms with Gasteiger partial charge < -0.3 is 14.9 Å². The highest BCUT2D eigenvalue weighted by molar-refractivity contribution is 4.84. The average molecular weight is 147 g/mol. The van der Waals surface area contributed by atoms with Crippen molar-refractivity contribution in [2.45, 2.75) is 18.3 Å². The fourth-order valence-corrected chi connectivity index (χ4v) is 0.901. The fraction of sp³-hybridized carbons (Fsp3) is 1.00. The summed E-state index contributed by atoms with van der Waals surface area (Å²) in [6.45, 7) is -0.0143. The van der Waals surface area contributed by atoms with Crippen molar-refractivity contribution in [3.05, 3.63) is 4.91 Å². The summed E-state index contributed by atoms with van der Waals surface area (Å²) in [4.78, 5) is 9.69. The second kappa shape index (κ2) is 3.05. The van der Waals surface area contributed by atoms with Crippen molar-refractivity contribution >= 4 is 0 Å². The maximum atomic E-state index is 9.69. The molecule has 0 aromatic heterocycles. The van der Waals surface area contributed by atoms with E-state index in [1.807, 2.05) is 0 Å². The van der Waals surface area contributed by atoms with Crippen LogP contribution < -0.4 is 0 Å². The predicted molar refractivity (Wildman–Crippen MR) is 32.4 cm³/mol. The molecule has 0 aromatic carbocycles. The number of ether oxygens (including phenoxy) is 1. The molecule has 1 aliphatic rings. The number of nitroso groups, excluding NO2 is 1. The molecule has 1 fully saturated rings. The molecule has 5 nitrogen and oxygen atoms in total. The first-order valence-electron chi connectivity index (χ1n) is 3.02. The highest BCUT2D eigenvalue weighted by Crippen LogP contribution is 2.13. The highest BCUT2D eigenvalue weighted by Gasteiger charge is 2.34. The van der Waals surface area contributed by atoms with Gasteiger partial charge in [-0.3, -0.25) is 0 Å². The molecule has 0 aromatic rings. The number of nitrogens with zero attached hydrogens (tertiary/aromatic N) is 1. The zero-order valence-electron chi connectivity index (χ0n) is 5.30. The van der Waals surface area contributed by atoms with Gasteiger partial charge in [0.2, 0.25) is 0 Å². The Kier molecular flexibility index (Phi) is 2.31. The maximum absolute atomic E-state index is 9.69. The van der Waals surface area contributed by atoms with Gasteiger partial charge in [-0.1, -0.05) is 5.18 Å². The van der Waals surface area contributed by atoms with Crippen LogP contribution in [0.1, 0.15) is 0 Å². The summed E-state index contributed by atoms with van der Waals surface area (Å²) in [6.07, 6.45) is -2.45. The quantitative estimate of drug-likeness (QED) is 0.484. The van der Waals surface area contributed by atoms with Crippen molar-refractivity contribution in [2.75, 3.05) is 13.2 Å². The van der Waals surface area contributed by atoms with Gasteiger partial charge in [0.05, 0.1) is 6.61 Å². The van der Waals surface area contributed by atoms with Crippen molar-refractivity contribution in [1.82, 2.24) is 0 Å². The Balaban J connectivity index is 2.40. The predicted octanol–water partition coefficient (Wildman–Crippen LogP) is -1.13. The van der Waals surface area contributed by atoms with Gasteiger partial charge in [-0.25, -0.2) is 0 Å². The van der Waals surface area contributed by atoms with E-state index in [1.54, 1.807) is 0 Å². The van der Waals surface area contributed by atoms with Gasteiger partial charge in [0, 0.05) is 0 Å². The molecule has 0 radical (unpaired) electrons. The molecule has 5 heteroatoms. The fourth-order valence-electron chi connectivity index (χ4n) is 0.901. The third-order valence-electron chi connectivity index (χ3n) is 1.51. The minimum Gasteiger partial charge on any atom is -0.388 e. The largest absolute Gasteiger partial charge is 0.388 e. The lowest BCUT2D eigenvalue weighted by Crippen LogP contribution is -2.31. The summed E-state index contributed by atoms with van der Waals surface area (Å²) in [5.41, 5.74) is 0. The normalized spacial score (nSPS) is 40.0. The lowest BCUT2D eigenvalue weighted by atomic mass is 10.1. The van der Waals surface area contributed by atoms with Crippen LogP contribution in [0.4, 0.5) is 0 Å². The van der Waals surface area contributed by atoms with Gasteiger partial charge in [0.25, 0.3) is 0 Å². The third-order valence-corrected chi connectivity index (χ3v) is 1.51. The molecule has 0 amide bonds. The standard InChI is InChI=1S/C5H9NO4/c7-3-2-10-4(1-6-9)5(3)8/h3-5,7-8H,1-2H2. The van der Waals surface area contributed by atoms with Crippen molar-refractivity contribution in [1.29, 1.82) is 0 Å². The molecule has 1 rings (SSSR count). The molecular weight excluding hydrogens is 138 g/mol. The number of hydrogen-bond acceptors (Lipinski definition) is 5. The molecule has 1 saturated heterocycles. The van der Waals surface area contributed by atoms with Crippen LogP contribution in [0.15, 0.2) is 5.18 Å². The second-order valence-corrected chi connectivity index (χ2v) is 2.24. The molecule has 0 bridgehead atoms. The molecular formula is C5H9NO4. The molecule has 2 N–H and O–H groups in total. The van der Waals surface area contributed by atoms with E-state index in [-0.39, 0.29) is 13.2 Å². The van der Waals surface area contributed by atoms with Crippen LogP contribution in [0, 0.1) is 4.91 Å². The van der Waals surface area contributed by atoms with Crippen LogP contribution in [0.25, 0.3) is 0 Å². The van der Waals surface area contributed by atoms with Gasteiger partial charge in [0.1, 0.15) is 24.9 Å². The molecule has 0 aliphatic carbocycles. The number of aliphatic hydroxyl groups excluding tert-OH is 2. The molecule has 0 spiro atoms. The number of aliphatic hydroxyl groups is 2. The zero-order valence-corrected chi connectivity index (χ0v) is 5.30. The van der Waals surface area contributed by atoms with E-state index in [4.69, 9.17) is 14.9 Å². The van der Waals surface area contributed by atoms with Crippen LogP contribution in [0.3, 0.4) is 0 Å². The molecule has 3 unspecified atom stereocenters. The first-order chi connectivity index (χ1) is 4.75. The molecule has 1 aliphatic heterocycles. The van der Waals surface area contributed by atoms with E-state index in [0.29, 0.717) is 0 Å². The Labute approximate surface area is 57.6 Å². The minimum atomic E-state index is -0.960. The van der Waals surface area contributed by atoms with Crippen molar-refractivity contribution in [2.24, 2.45) is 5.18 Å². The Morgan fingerprint density at radius 2 is 2.30 bits per heavy atom. The van der Waals surface area contributed by atoms with Gasteiger partial charge in [-0.05, 0) is 0 Å². The number of hydrogen-bond donors (Lipinski definition) is 2. The lowest BCUT2D eigenvalue weighted by Gasteiger charge is -2.09. The first-order valence-corrected chi connectivity index (χ1v) is 3.02. The van der Waals surface area contributed by atoms with Crippen LogP contribution in [-0.2, 0) is 4.74 Å². The maximum Gasteiger partial charge on any atom is 0.110 e. The van der Waals surface area contributed by atoms with E-state index < -0.39 is 18.3 Å². The summed E-state index contributed by atoms with van der Waals surface area (Å²) in [5.74, 6) is 0. The Morgan fingerprint density at radius 1 is 1.60 bits per heavy atom. The summed E-state index contributed by atoms with van der Waals surface area (Å²) in [5, 5.41) is 20.4. The highest BCUT2D eigenvalue weighted by atomic mass is 16.5. The zero-order chi connectivity index (χ0) is 7.56.